The Labute approximate surface area is 157 Å². The molecule has 1 amide bonds. The van der Waals surface area contributed by atoms with E-state index in [1.54, 1.807) is 20.0 Å². The Kier molecular flexibility index (Phi) is 4.47. The fourth-order valence-electron chi connectivity index (χ4n) is 3.80. The molecule has 2 aliphatic rings. The summed E-state index contributed by atoms with van der Waals surface area (Å²) in [6.07, 6.45) is 1.73. The Bertz CT molecular complexity index is 832. The Morgan fingerprint density at radius 2 is 2.11 bits per heavy atom. The highest BCUT2D eigenvalue weighted by atomic mass is 16.5. The zero-order valence-electron chi connectivity index (χ0n) is 16.0. The lowest BCUT2D eigenvalue weighted by Crippen LogP contribution is -2.51. The highest BCUT2D eigenvalue weighted by Crippen LogP contribution is 2.29. The summed E-state index contributed by atoms with van der Waals surface area (Å²) in [6.45, 7) is 6.03. The van der Waals surface area contributed by atoms with E-state index in [0.29, 0.717) is 42.7 Å². The number of nitrogens with zero attached hydrogens (tertiary/aromatic N) is 6. The Hall–Kier alpha value is -2.68. The predicted octanol–water partition coefficient (Wildman–Crippen LogP) is 0.877. The summed E-state index contributed by atoms with van der Waals surface area (Å²) in [6, 6.07) is 1.97. The van der Waals surface area contributed by atoms with Crippen LogP contribution in [0.15, 0.2) is 16.8 Å². The molecule has 0 spiro atoms. The van der Waals surface area contributed by atoms with Gasteiger partial charge in [-0.1, -0.05) is 5.16 Å². The van der Waals surface area contributed by atoms with Crippen molar-refractivity contribution in [1.82, 2.24) is 20.0 Å². The molecule has 2 aliphatic heterocycles. The van der Waals surface area contributed by atoms with E-state index in [0.717, 1.165) is 12.4 Å². The molecule has 0 saturated carbocycles. The van der Waals surface area contributed by atoms with E-state index in [9.17, 15) is 4.79 Å². The van der Waals surface area contributed by atoms with Gasteiger partial charge in [0.05, 0.1) is 24.4 Å². The average Bonchev–Trinajstić information content (AvgIpc) is 3.24. The molecule has 2 aromatic rings. The first-order chi connectivity index (χ1) is 13.0. The van der Waals surface area contributed by atoms with E-state index in [-0.39, 0.29) is 18.1 Å². The van der Waals surface area contributed by atoms with Gasteiger partial charge in [-0.2, -0.15) is 4.98 Å². The number of carbonyl (C=O) groups excluding carboxylic acids is 1. The molecule has 0 bridgehead atoms. The minimum atomic E-state index is -0.0548. The molecule has 0 unspecified atom stereocenters. The second kappa shape index (κ2) is 6.80. The van der Waals surface area contributed by atoms with Crippen LogP contribution in [0.1, 0.15) is 21.8 Å². The third kappa shape index (κ3) is 3.12. The molecule has 2 fully saturated rings. The third-order valence-corrected chi connectivity index (χ3v) is 5.16. The van der Waals surface area contributed by atoms with Crippen LogP contribution >= 0.6 is 0 Å². The minimum absolute atomic E-state index is 0.0408. The van der Waals surface area contributed by atoms with Crippen LogP contribution in [0.25, 0.3) is 0 Å². The Morgan fingerprint density at radius 3 is 2.81 bits per heavy atom. The van der Waals surface area contributed by atoms with Crippen LogP contribution in [0.5, 0.6) is 0 Å². The molecule has 2 saturated heterocycles. The Balaban J connectivity index is 1.57. The fraction of sp³-hybridized carbons (Fsp3) is 0.556. The molecule has 0 aliphatic carbocycles. The largest absolute Gasteiger partial charge is 0.372 e. The summed E-state index contributed by atoms with van der Waals surface area (Å²) >= 11 is 0. The summed E-state index contributed by atoms with van der Waals surface area (Å²) in [4.78, 5) is 27.9. The number of anilines is 2. The summed E-state index contributed by atoms with van der Waals surface area (Å²) < 4.78 is 11.1. The zero-order chi connectivity index (χ0) is 19.1. The molecular formula is C18H24N6O3. The fourth-order valence-corrected chi connectivity index (χ4v) is 3.80. The molecule has 9 nitrogen and oxygen atoms in total. The van der Waals surface area contributed by atoms with Gasteiger partial charge in [0.25, 0.3) is 5.91 Å². The second-order valence-corrected chi connectivity index (χ2v) is 7.19. The first kappa shape index (κ1) is 17.7. The lowest BCUT2D eigenvalue weighted by molar-refractivity contribution is 0.0299. The molecule has 4 heterocycles. The van der Waals surface area contributed by atoms with E-state index in [4.69, 9.17) is 9.26 Å². The number of likely N-dealkylation sites (tertiary alicyclic amines) is 1. The molecular weight excluding hydrogens is 348 g/mol. The highest BCUT2D eigenvalue weighted by Gasteiger charge is 2.43. The lowest BCUT2D eigenvalue weighted by atomic mass is 10.1. The van der Waals surface area contributed by atoms with E-state index >= 15 is 0 Å². The van der Waals surface area contributed by atoms with Gasteiger partial charge in [-0.05, 0) is 19.9 Å². The molecule has 0 N–H and O–H groups in total. The molecule has 0 radical (unpaired) electrons. The molecule has 144 valence electrons. The first-order valence-electron chi connectivity index (χ1n) is 9.06. The van der Waals surface area contributed by atoms with Crippen LogP contribution in [-0.4, -0.2) is 78.4 Å². The number of carbonyl (C=O) groups is 1. The number of aryl methyl sites for hydroxylation is 2. The van der Waals surface area contributed by atoms with Gasteiger partial charge in [-0.25, -0.2) is 4.98 Å². The third-order valence-electron chi connectivity index (χ3n) is 5.16. The molecule has 2 aromatic heterocycles. The first-order valence-corrected chi connectivity index (χ1v) is 9.06. The quantitative estimate of drug-likeness (QED) is 0.785. The van der Waals surface area contributed by atoms with Crippen molar-refractivity contribution in [3.63, 3.8) is 0 Å². The normalized spacial score (nSPS) is 22.1. The number of rotatable bonds is 3. The summed E-state index contributed by atoms with van der Waals surface area (Å²) in [5.74, 6) is 2.02. The zero-order valence-corrected chi connectivity index (χ0v) is 16.0. The van der Waals surface area contributed by atoms with Crippen LogP contribution in [0.3, 0.4) is 0 Å². The smallest absolute Gasteiger partial charge is 0.259 e. The second-order valence-electron chi connectivity index (χ2n) is 7.19. The molecule has 4 rings (SSSR count). The highest BCUT2D eigenvalue weighted by molar-refractivity contribution is 5.96. The van der Waals surface area contributed by atoms with Gasteiger partial charge in [0, 0.05) is 39.9 Å². The van der Waals surface area contributed by atoms with E-state index in [2.05, 4.69) is 20.0 Å². The number of fused-ring (bicyclic) bond motifs is 1. The summed E-state index contributed by atoms with van der Waals surface area (Å²) in [5.41, 5.74) is 1.17. The molecule has 9 heteroatoms. The number of amides is 1. The molecule has 27 heavy (non-hydrogen) atoms. The van der Waals surface area contributed by atoms with Gasteiger partial charge < -0.3 is 24.0 Å². The van der Waals surface area contributed by atoms with Gasteiger partial charge >= 0.3 is 0 Å². The van der Waals surface area contributed by atoms with Crippen LogP contribution < -0.4 is 9.80 Å². The number of hydrogen-bond donors (Lipinski definition) is 0. The summed E-state index contributed by atoms with van der Waals surface area (Å²) in [7, 11) is 3.83. The van der Waals surface area contributed by atoms with E-state index < -0.39 is 0 Å². The van der Waals surface area contributed by atoms with Crippen molar-refractivity contribution in [2.24, 2.45) is 0 Å². The van der Waals surface area contributed by atoms with Gasteiger partial charge in [-0.15, -0.1) is 0 Å². The average molecular weight is 372 g/mol. The summed E-state index contributed by atoms with van der Waals surface area (Å²) in [5, 5.41) is 3.90. The maximum atomic E-state index is 13.0. The van der Waals surface area contributed by atoms with Crippen molar-refractivity contribution < 1.29 is 14.1 Å². The molecule has 0 aromatic carbocycles. The van der Waals surface area contributed by atoms with E-state index in [1.165, 1.54) is 0 Å². The number of morpholine rings is 1. The van der Waals surface area contributed by atoms with Crippen molar-refractivity contribution in [3.05, 3.63) is 29.3 Å². The van der Waals surface area contributed by atoms with Crippen LogP contribution in [0, 0.1) is 13.8 Å². The van der Waals surface area contributed by atoms with Crippen LogP contribution in [0.4, 0.5) is 11.8 Å². The van der Waals surface area contributed by atoms with Gasteiger partial charge in [0.15, 0.2) is 0 Å². The van der Waals surface area contributed by atoms with Crippen LogP contribution in [0.2, 0.25) is 0 Å². The Morgan fingerprint density at radius 1 is 1.30 bits per heavy atom. The monoisotopic (exact) mass is 372 g/mol. The maximum Gasteiger partial charge on any atom is 0.259 e. The van der Waals surface area contributed by atoms with Crippen molar-refractivity contribution in [1.29, 1.82) is 0 Å². The van der Waals surface area contributed by atoms with Crippen LogP contribution in [-0.2, 0) is 4.74 Å². The van der Waals surface area contributed by atoms with Gasteiger partial charge in [0.2, 0.25) is 5.95 Å². The number of hydrogen-bond acceptors (Lipinski definition) is 8. The van der Waals surface area contributed by atoms with Crippen molar-refractivity contribution >= 4 is 17.7 Å². The SMILES string of the molecule is Cc1noc(C)c1C(=O)N1C[C@H]2OCCN(c3ccnc(N(C)C)n3)[C@H]2C1. The van der Waals surface area contributed by atoms with Gasteiger partial charge in [0.1, 0.15) is 17.1 Å². The van der Waals surface area contributed by atoms with Crippen molar-refractivity contribution in [2.75, 3.05) is 50.1 Å². The molecule has 2 atom stereocenters. The van der Waals surface area contributed by atoms with Gasteiger partial charge in [-0.3, -0.25) is 4.79 Å². The van der Waals surface area contributed by atoms with E-state index in [1.807, 2.05) is 30.0 Å². The van der Waals surface area contributed by atoms with Crippen molar-refractivity contribution in [2.45, 2.75) is 26.0 Å². The lowest BCUT2D eigenvalue weighted by Gasteiger charge is -2.37. The number of aromatic nitrogens is 3. The minimum Gasteiger partial charge on any atom is -0.372 e. The predicted molar refractivity (Wildman–Crippen MR) is 99.1 cm³/mol. The topological polar surface area (TPSA) is 87.8 Å². The number of ether oxygens (including phenoxy) is 1. The van der Waals surface area contributed by atoms with Crippen molar-refractivity contribution in [3.8, 4) is 0 Å². The maximum absolute atomic E-state index is 13.0. The standard InChI is InChI=1S/C18H24N6O3/c1-11-16(12(2)27-21-11)17(25)23-9-13-14(10-23)26-8-7-24(13)15-5-6-19-18(20-15)22(3)4/h5-6,13-14H,7-10H2,1-4H3/t13-,14+/m0/s1.